The van der Waals surface area contributed by atoms with Gasteiger partial charge in [0.2, 0.25) is 0 Å². The van der Waals surface area contributed by atoms with E-state index in [9.17, 15) is 0 Å². The van der Waals surface area contributed by atoms with Crippen LogP contribution in [0.1, 0.15) is 51.6 Å². The van der Waals surface area contributed by atoms with E-state index in [-0.39, 0.29) is 11.6 Å². The molecule has 0 amide bonds. The molecule has 1 aromatic carbocycles. The van der Waals surface area contributed by atoms with Crippen LogP contribution in [0.4, 0.5) is 0 Å². The summed E-state index contributed by atoms with van der Waals surface area (Å²) in [5, 5.41) is 3.80. The van der Waals surface area contributed by atoms with Gasteiger partial charge >= 0.3 is 0 Å². The molecular weight excluding hydrogens is 256 g/mol. The van der Waals surface area contributed by atoms with Crippen molar-refractivity contribution in [1.29, 1.82) is 0 Å². The summed E-state index contributed by atoms with van der Waals surface area (Å²) in [7, 11) is 0. The summed E-state index contributed by atoms with van der Waals surface area (Å²) >= 11 is 0. The largest absolute Gasteiger partial charge is 0.308 e. The lowest BCUT2D eigenvalue weighted by Crippen LogP contribution is -2.62. The number of hydrogen-bond donors (Lipinski definition) is 1. The number of benzene rings is 1. The Morgan fingerprint density at radius 2 is 1.95 bits per heavy atom. The first-order valence-electron chi connectivity index (χ1n) is 8.21. The van der Waals surface area contributed by atoms with Crippen LogP contribution < -0.4 is 5.32 Å². The van der Waals surface area contributed by atoms with E-state index < -0.39 is 0 Å². The Hall–Kier alpha value is -1.30. The first-order chi connectivity index (χ1) is 10.2. The first-order valence-corrected chi connectivity index (χ1v) is 8.21. The molecule has 1 aromatic rings. The molecule has 0 radical (unpaired) electrons. The van der Waals surface area contributed by atoms with E-state index in [0.29, 0.717) is 6.04 Å². The van der Waals surface area contributed by atoms with E-state index >= 15 is 0 Å². The Kier molecular flexibility index (Phi) is 5.45. The number of nitrogens with zero attached hydrogens (tertiary/aromatic N) is 1. The second-order valence-corrected chi connectivity index (χ2v) is 6.06. The molecule has 2 heteroatoms. The van der Waals surface area contributed by atoms with Crippen LogP contribution in [0.2, 0.25) is 0 Å². The Bertz CT molecular complexity index is 470. The highest BCUT2D eigenvalue weighted by Gasteiger charge is 2.39. The number of hydrogen-bond acceptors (Lipinski definition) is 2. The van der Waals surface area contributed by atoms with Crippen molar-refractivity contribution in [3.63, 3.8) is 0 Å². The molecule has 1 N–H and O–H groups in total. The van der Waals surface area contributed by atoms with Gasteiger partial charge in [-0.3, -0.25) is 4.90 Å². The minimum atomic E-state index is 0.204. The summed E-state index contributed by atoms with van der Waals surface area (Å²) in [5.74, 6) is 3.01. The van der Waals surface area contributed by atoms with Gasteiger partial charge in [-0.15, -0.1) is 6.42 Å². The van der Waals surface area contributed by atoms with Crippen molar-refractivity contribution in [2.75, 3.05) is 13.1 Å². The first kappa shape index (κ1) is 16.1. The van der Waals surface area contributed by atoms with Gasteiger partial charge in [-0.1, -0.05) is 57.0 Å². The highest BCUT2D eigenvalue weighted by molar-refractivity contribution is 5.22. The van der Waals surface area contributed by atoms with Crippen LogP contribution in [0, 0.1) is 12.3 Å². The standard InChI is InChI=1S/C19H28N2/c1-5-17(6-2)21-15-19(7-3,8-4)20-14-18(21)16-12-10-9-11-13-16/h1,9-13,17-18,20H,6-8,14-15H2,2-4H3. The van der Waals surface area contributed by atoms with Crippen LogP contribution >= 0.6 is 0 Å². The van der Waals surface area contributed by atoms with E-state index in [1.807, 2.05) is 0 Å². The smallest absolute Gasteiger partial charge is 0.0715 e. The van der Waals surface area contributed by atoms with Gasteiger partial charge < -0.3 is 5.32 Å². The minimum Gasteiger partial charge on any atom is -0.308 e. The maximum Gasteiger partial charge on any atom is 0.0715 e. The van der Waals surface area contributed by atoms with Crippen LogP contribution in [0.25, 0.3) is 0 Å². The fraction of sp³-hybridized carbons (Fsp3) is 0.579. The Labute approximate surface area is 129 Å². The average molecular weight is 284 g/mol. The van der Waals surface area contributed by atoms with Crippen molar-refractivity contribution >= 4 is 0 Å². The monoisotopic (exact) mass is 284 g/mol. The Balaban J connectivity index is 2.31. The summed E-state index contributed by atoms with van der Waals surface area (Å²) < 4.78 is 0. The number of terminal acetylenes is 1. The zero-order chi connectivity index (χ0) is 15.3. The molecule has 21 heavy (non-hydrogen) atoms. The van der Waals surface area contributed by atoms with Crippen molar-refractivity contribution in [1.82, 2.24) is 10.2 Å². The molecule has 1 fully saturated rings. The molecule has 0 saturated carbocycles. The van der Waals surface area contributed by atoms with Crippen molar-refractivity contribution in [3.05, 3.63) is 35.9 Å². The van der Waals surface area contributed by atoms with Crippen LogP contribution in [-0.4, -0.2) is 29.6 Å². The van der Waals surface area contributed by atoms with Crippen molar-refractivity contribution in [2.24, 2.45) is 0 Å². The van der Waals surface area contributed by atoms with E-state index in [1.165, 1.54) is 5.56 Å². The third kappa shape index (κ3) is 3.31. The third-order valence-corrected chi connectivity index (χ3v) is 5.07. The second-order valence-electron chi connectivity index (χ2n) is 6.06. The van der Waals surface area contributed by atoms with Gasteiger partial charge in [-0.25, -0.2) is 0 Å². The molecule has 2 rings (SSSR count). The molecule has 2 unspecified atom stereocenters. The van der Waals surface area contributed by atoms with Crippen LogP contribution in [0.3, 0.4) is 0 Å². The molecule has 1 aliphatic rings. The summed E-state index contributed by atoms with van der Waals surface area (Å²) in [6.07, 6.45) is 9.10. The molecular formula is C19H28N2. The molecule has 0 spiro atoms. The SMILES string of the molecule is C#CC(CC)N1CC(CC)(CC)NCC1c1ccccc1. The Morgan fingerprint density at radius 3 is 2.48 bits per heavy atom. The maximum atomic E-state index is 5.81. The van der Waals surface area contributed by atoms with E-state index in [1.54, 1.807) is 0 Å². The minimum absolute atomic E-state index is 0.204. The zero-order valence-corrected chi connectivity index (χ0v) is 13.6. The normalized spacial score (nSPS) is 23.4. The van der Waals surface area contributed by atoms with Gasteiger partial charge in [0.1, 0.15) is 0 Å². The summed E-state index contributed by atoms with van der Waals surface area (Å²) in [5.41, 5.74) is 1.56. The maximum absolute atomic E-state index is 5.81. The molecule has 2 atom stereocenters. The fourth-order valence-corrected chi connectivity index (χ4v) is 3.43. The fourth-order valence-electron chi connectivity index (χ4n) is 3.43. The van der Waals surface area contributed by atoms with Gasteiger partial charge in [0.15, 0.2) is 0 Å². The number of piperazine rings is 1. The molecule has 2 nitrogen and oxygen atoms in total. The molecule has 1 heterocycles. The third-order valence-electron chi connectivity index (χ3n) is 5.07. The van der Waals surface area contributed by atoms with E-state index in [4.69, 9.17) is 6.42 Å². The van der Waals surface area contributed by atoms with Gasteiger partial charge in [0.25, 0.3) is 0 Å². The molecule has 1 aliphatic heterocycles. The van der Waals surface area contributed by atoms with Crippen LogP contribution in [0.5, 0.6) is 0 Å². The lowest BCUT2D eigenvalue weighted by atomic mass is 9.86. The van der Waals surface area contributed by atoms with Gasteiger partial charge in [0.05, 0.1) is 6.04 Å². The van der Waals surface area contributed by atoms with Crippen molar-refractivity contribution in [3.8, 4) is 12.3 Å². The Morgan fingerprint density at radius 1 is 1.29 bits per heavy atom. The predicted molar refractivity (Wildman–Crippen MR) is 90.1 cm³/mol. The average Bonchev–Trinajstić information content (AvgIpc) is 2.56. The lowest BCUT2D eigenvalue weighted by Gasteiger charge is -2.49. The van der Waals surface area contributed by atoms with Crippen LogP contribution in [-0.2, 0) is 0 Å². The highest BCUT2D eigenvalue weighted by Crippen LogP contribution is 2.32. The van der Waals surface area contributed by atoms with Gasteiger partial charge in [-0.2, -0.15) is 0 Å². The summed E-state index contributed by atoms with van der Waals surface area (Å²) in [6, 6.07) is 11.3. The molecule has 0 aromatic heterocycles. The van der Waals surface area contributed by atoms with Gasteiger partial charge in [-0.05, 0) is 24.8 Å². The predicted octanol–water partition coefficient (Wildman–Crippen LogP) is 3.60. The van der Waals surface area contributed by atoms with E-state index in [0.717, 1.165) is 32.4 Å². The molecule has 0 aliphatic carbocycles. The summed E-state index contributed by atoms with van der Waals surface area (Å²) in [4.78, 5) is 2.54. The molecule has 114 valence electrons. The van der Waals surface area contributed by atoms with Gasteiger partial charge in [0, 0.05) is 24.7 Å². The van der Waals surface area contributed by atoms with Crippen molar-refractivity contribution in [2.45, 2.75) is 57.7 Å². The topological polar surface area (TPSA) is 15.3 Å². The molecule has 1 saturated heterocycles. The molecule has 0 bridgehead atoms. The van der Waals surface area contributed by atoms with E-state index in [2.05, 4.69) is 67.2 Å². The number of nitrogens with one attached hydrogen (secondary N) is 1. The zero-order valence-electron chi connectivity index (χ0n) is 13.6. The lowest BCUT2D eigenvalue weighted by molar-refractivity contribution is 0.0524. The summed E-state index contributed by atoms with van der Waals surface area (Å²) in [6.45, 7) is 8.74. The quantitative estimate of drug-likeness (QED) is 0.831. The van der Waals surface area contributed by atoms with Crippen molar-refractivity contribution < 1.29 is 0 Å². The second kappa shape index (κ2) is 7.11. The number of rotatable bonds is 5. The highest BCUT2D eigenvalue weighted by atomic mass is 15.3. The van der Waals surface area contributed by atoms with Crippen LogP contribution in [0.15, 0.2) is 30.3 Å².